The molecule has 5 heteroatoms. The van der Waals surface area contributed by atoms with Crippen LogP contribution in [0.25, 0.3) is 0 Å². The van der Waals surface area contributed by atoms with Crippen molar-refractivity contribution in [2.45, 2.75) is 13.0 Å². The molecular formula is C10H13FN2O2. The fraction of sp³-hybridized carbons (Fsp3) is 0.300. The van der Waals surface area contributed by atoms with Crippen molar-refractivity contribution in [1.29, 1.82) is 0 Å². The first kappa shape index (κ1) is 11.5. The Morgan fingerprint density at radius 3 is 2.87 bits per heavy atom. The summed E-state index contributed by atoms with van der Waals surface area (Å²) >= 11 is 0. The first-order chi connectivity index (χ1) is 7.00. The third kappa shape index (κ3) is 3.21. The van der Waals surface area contributed by atoms with Crippen LogP contribution >= 0.6 is 0 Å². The fourth-order valence-electron chi connectivity index (χ4n) is 1.12. The zero-order chi connectivity index (χ0) is 11.4. The predicted molar refractivity (Wildman–Crippen MR) is 55.2 cm³/mol. The quantitative estimate of drug-likeness (QED) is 0.514. The summed E-state index contributed by atoms with van der Waals surface area (Å²) in [6, 6.07) is 3.47. The third-order valence-electron chi connectivity index (χ3n) is 1.85. The van der Waals surface area contributed by atoms with E-state index in [1.807, 2.05) is 0 Å². The average Bonchev–Trinajstić information content (AvgIpc) is 2.18. The van der Waals surface area contributed by atoms with E-state index in [0.717, 1.165) is 6.07 Å². The molecule has 1 aromatic carbocycles. The molecule has 0 unspecified atom stereocenters. The van der Waals surface area contributed by atoms with Crippen LogP contribution in [0.15, 0.2) is 23.2 Å². The van der Waals surface area contributed by atoms with Gasteiger partial charge in [-0.1, -0.05) is 0 Å². The Hall–Kier alpha value is -1.62. The van der Waals surface area contributed by atoms with Crippen LogP contribution in [0.4, 0.5) is 4.39 Å². The van der Waals surface area contributed by atoms with E-state index in [1.165, 1.54) is 12.1 Å². The second-order valence-electron chi connectivity index (χ2n) is 3.20. The van der Waals surface area contributed by atoms with Crippen molar-refractivity contribution < 1.29 is 14.6 Å². The van der Waals surface area contributed by atoms with E-state index in [0.29, 0.717) is 5.84 Å². The number of aliphatic hydroxyl groups is 1. The summed E-state index contributed by atoms with van der Waals surface area (Å²) in [5.74, 6) is -0.362. The molecule has 0 spiro atoms. The van der Waals surface area contributed by atoms with E-state index in [4.69, 9.17) is 10.8 Å². The highest BCUT2D eigenvalue weighted by Crippen LogP contribution is 2.21. The topological polar surface area (TPSA) is 78.8 Å². The number of hydrogen-bond acceptors (Lipinski definition) is 3. The van der Waals surface area contributed by atoms with Gasteiger partial charge in [-0.2, -0.15) is 0 Å². The summed E-state index contributed by atoms with van der Waals surface area (Å²) in [6.45, 7) is 1.55. The summed E-state index contributed by atoms with van der Waals surface area (Å²) < 4.78 is 13.2. The average molecular weight is 211 g/mol. The van der Waals surface area contributed by atoms with Crippen LogP contribution in [0.1, 0.15) is 18.6 Å². The molecule has 82 valence electrons. The lowest BCUT2D eigenvalue weighted by Gasteiger charge is -2.09. The number of aliphatic imine (C=N–C) groups is 1. The summed E-state index contributed by atoms with van der Waals surface area (Å²) in [6.07, 6.45) is -1.10. The molecule has 0 amide bonds. The Balaban J connectivity index is 2.85. The number of benzene rings is 1. The predicted octanol–water partition coefficient (Wildman–Crippen LogP) is 0.942. The molecule has 0 radical (unpaired) electrons. The molecule has 0 aliphatic carbocycles. The number of halogens is 1. The summed E-state index contributed by atoms with van der Waals surface area (Å²) in [4.78, 5) is 3.77. The largest absolute Gasteiger partial charge is 0.508 e. The Bertz CT molecular complexity index is 376. The van der Waals surface area contributed by atoms with E-state index < -0.39 is 11.9 Å². The van der Waals surface area contributed by atoms with Gasteiger partial charge < -0.3 is 15.9 Å². The lowest BCUT2D eigenvalue weighted by atomic mass is 10.1. The number of hydrogen-bond donors (Lipinski definition) is 3. The van der Waals surface area contributed by atoms with Crippen LogP contribution in [0.5, 0.6) is 5.75 Å². The van der Waals surface area contributed by atoms with Gasteiger partial charge in [0.05, 0.1) is 12.4 Å². The van der Waals surface area contributed by atoms with E-state index in [-0.39, 0.29) is 17.9 Å². The van der Waals surface area contributed by atoms with Gasteiger partial charge in [0.25, 0.3) is 0 Å². The lowest BCUT2D eigenvalue weighted by Crippen LogP contribution is -2.10. The minimum atomic E-state index is -1.10. The van der Waals surface area contributed by atoms with Gasteiger partial charge in [0.1, 0.15) is 17.7 Å². The van der Waals surface area contributed by atoms with Gasteiger partial charge in [-0.05, 0) is 25.1 Å². The fourth-order valence-corrected chi connectivity index (χ4v) is 1.12. The van der Waals surface area contributed by atoms with Gasteiger partial charge in [0, 0.05) is 5.56 Å². The Morgan fingerprint density at radius 2 is 2.27 bits per heavy atom. The number of phenolic OH excluding ortho intramolecular Hbond substituents is 1. The van der Waals surface area contributed by atoms with E-state index >= 15 is 0 Å². The van der Waals surface area contributed by atoms with Gasteiger partial charge in [-0.15, -0.1) is 0 Å². The Kier molecular flexibility index (Phi) is 3.62. The molecule has 0 aromatic heterocycles. The molecule has 0 saturated heterocycles. The molecule has 0 heterocycles. The van der Waals surface area contributed by atoms with Crippen LogP contribution in [-0.2, 0) is 0 Å². The smallest absolute Gasteiger partial charge is 0.129 e. The number of aliphatic hydroxyl groups excluding tert-OH is 1. The van der Waals surface area contributed by atoms with Crippen molar-refractivity contribution in [3.63, 3.8) is 0 Å². The summed E-state index contributed by atoms with van der Waals surface area (Å²) in [5, 5.41) is 18.7. The van der Waals surface area contributed by atoms with Crippen molar-refractivity contribution in [2.24, 2.45) is 10.7 Å². The molecule has 1 aromatic rings. The van der Waals surface area contributed by atoms with Crippen LogP contribution in [0.2, 0.25) is 0 Å². The highest BCUT2D eigenvalue weighted by atomic mass is 18.2. The highest BCUT2D eigenvalue weighted by Gasteiger charge is 2.12. The van der Waals surface area contributed by atoms with Gasteiger partial charge in [0.15, 0.2) is 0 Å². The van der Waals surface area contributed by atoms with Crippen LogP contribution in [0, 0.1) is 5.82 Å². The standard InChI is InChI=1S/C10H13FN2O2/c1-6(12)13-5-10(15)8-4-7(14)2-3-9(8)11/h2-4,10,14-15H,5H2,1H3,(H2,12,13)/t10-/m0/s1/i11-1. The minimum absolute atomic E-state index is 0.0139. The normalized spacial score (nSPS) is 13.9. The molecule has 1 atom stereocenters. The maximum absolute atomic E-state index is 13.2. The molecular weight excluding hydrogens is 198 g/mol. The SMILES string of the molecule is CC(N)=NC[C@H](O)c1cc(O)ccc1[18F]. The zero-order valence-corrected chi connectivity index (χ0v) is 8.31. The number of aromatic hydroxyl groups is 1. The minimum Gasteiger partial charge on any atom is -0.508 e. The first-order valence-electron chi connectivity index (χ1n) is 4.43. The van der Waals surface area contributed by atoms with E-state index in [1.54, 1.807) is 6.92 Å². The number of amidine groups is 1. The molecule has 1 rings (SSSR count). The number of phenols is 1. The van der Waals surface area contributed by atoms with Gasteiger partial charge in [0.2, 0.25) is 0 Å². The maximum atomic E-state index is 13.2. The van der Waals surface area contributed by atoms with Crippen molar-refractivity contribution in [3.05, 3.63) is 29.6 Å². The summed E-state index contributed by atoms with van der Waals surface area (Å²) in [7, 11) is 0. The Morgan fingerprint density at radius 1 is 1.60 bits per heavy atom. The van der Waals surface area contributed by atoms with Crippen molar-refractivity contribution >= 4 is 5.84 Å². The highest BCUT2D eigenvalue weighted by molar-refractivity contribution is 5.77. The van der Waals surface area contributed by atoms with E-state index in [2.05, 4.69) is 4.99 Å². The molecule has 15 heavy (non-hydrogen) atoms. The molecule has 0 aliphatic rings. The van der Waals surface area contributed by atoms with Crippen molar-refractivity contribution in [1.82, 2.24) is 0 Å². The van der Waals surface area contributed by atoms with Gasteiger partial charge in [-0.3, -0.25) is 4.99 Å². The number of nitrogens with two attached hydrogens (primary N) is 1. The summed E-state index contributed by atoms with van der Waals surface area (Å²) in [5.41, 5.74) is 5.30. The van der Waals surface area contributed by atoms with Crippen LogP contribution in [0.3, 0.4) is 0 Å². The monoisotopic (exact) mass is 211 g/mol. The van der Waals surface area contributed by atoms with Crippen LogP contribution in [-0.4, -0.2) is 22.6 Å². The number of nitrogens with zero attached hydrogens (tertiary/aromatic N) is 1. The van der Waals surface area contributed by atoms with Crippen molar-refractivity contribution in [3.8, 4) is 5.75 Å². The van der Waals surface area contributed by atoms with Crippen molar-refractivity contribution in [2.75, 3.05) is 6.54 Å². The first-order valence-corrected chi connectivity index (χ1v) is 4.43. The number of rotatable bonds is 3. The third-order valence-corrected chi connectivity index (χ3v) is 1.85. The molecule has 4 N–H and O–H groups in total. The maximum Gasteiger partial charge on any atom is 0.129 e. The molecule has 0 bridgehead atoms. The second kappa shape index (κ2) is 4.75. The molecule has 0 aliphatic heterocycles. The Labute approximate surface area is 86.9 Å². The zero-order valence-electron chi connectivity index (χ0n) is 8.31. The van der Waals surface area contributed by atoms with Gasteiger partial charge in [-0.25, -0.2) is 4.39 Å². The molecule has 0 fully saturated rings. The lowest BCUT2D eigenvalue weighted by molar-refractivity contribution is 0.182. The molecule has 0 saturated carbocycles. The van der Waals surface area contributed by atoms with Gasteiger partial charge >= 0.3 is 0 Å². The second-order valence-corrected chi connectivity index (χ2v) is 3.20. The van der Waals surface area contributed by atoms with Crippen LogP contribution < -0.4 is 5.73 Å². The van der Waals surface area contributed by atoms with E-state index in [9.17, 15) is 9.50 Å². The molecule has 4 nitrogen and oxygen atoms in total.